The Balaban J connectivity index is 2.26. The highest BCUT2D eigenvalue weighted by atomic mass is 16.5. The minimum atomic E-state index is -0.447. The van der Waals surface area contributed by atoms with Gasteiger partial charge in [0.05, 0.1) is 18.4 Å². The SMILES string of the molecule is COC(=O)c1ccnc(NC2C(C)(C)C2(C)C)c1N. The molecule has 0 unspecified atom stereocenters. The molecule has 5 nitrogen and oxygen atoms in total. The summed E-state index contributed by atoms with van der Waals surface area (Å²) in [6.45, 7) is 8.80. The number of aromatic nitrogens is 1. The first-order valence-corrected chi connectivity index (χ1v) is 6.33. The summed E-state index contributed by atoms with van der Waals surface area (Å²) in [5, 5.41) is 3.34. The van der Waals surface area contributed by atoms with Crippen LogP contribution in [0.25, 0.3) is 0 Å². The zero-order valence-electron chi connectivity index (χ0n) is 12.1. The maximum atomic E-state index is 11.6. The Morgan fingerprint density at radius 2 is 1.95 bits per heavy atom. The molecular weight excluding hydrogens is 242 g/mol. The van der Waals surface area contributed by atoms with Crippen molar-refractivity contribution in [3.05, 3.63) is 17.8 Å². The molecule has 0 atom stereocenters. The van der Waals surface area contributed by atoms with Crippen LogP contribution in [0.3, 0.4) is 0 Å². The summed E-state index contributed by atoms with van der Waals surface area (Å²) in [6, 6.07) is 1.85. The molecule has 0 aromatic carbocycles. The third-order valence-corrected chi connectivity index (χ3v) is 4.70. The summed E-state index contributed by atoms with van der Waals surface area (Å²) in [4.78, 5) is 15.8. The molecule has 1 heterocycles. The molecule has 3 N–H and O–H groups in total. The van der Waals surface area contributed by atoms with Crippen LogP contribution in [0.5, 0.6) is 0 Å². The third kappa shape index (κ3) is 1.93. The summed E-state index contributed by atoms with van der Waals surface area (Å²) in [7, 11) is 1.34. The topological polar surface area (TPSA) is 77.2 Å². The minimum absolute atomic E-state index is 0.169. The Bertz CT molecular complexity index is 509. The summed E-state index contributed by atoms with van der Waals surface area (Å²) >= 11 is 0. The lowest BCUT2D eigenvalue weighted by atomic mass is 10.0. The number of nitrogens with one attached hydrogen (secondary N) is 1. The van der Waals surface area contributed by atoms with Crippen molar-refractivity contribution >= 4 is 17.5 Å². The van der Waals surface area contributed by atoms with Gasteiger partial charge in [-0.05, 0) is 16.9 Å². The molecule has 2 rings (SSSR count). The first-order chi connectivity index (χ1) is 8.73. The minimum Gasteiger partial charge on any atom is -0.465 e. The van der Waals surface area contributed by atoms with Gasteiger partial charge >= 0.3 is 5.97 Å². The molecule has 0 bridgehead atoms. The smallest absolute Gasteiger partial charge is 0.340 e. The van der Waals surface area contributed by atoms with E-state index in [1.165, 1.54) is 7.11 Å². The van der Waals surface area contributed by atoms with Gasteiger partial charge < -0.3 is 15.8 Å². The molecule has 0 aliphatic heterocycles. The van der Waals surface area contributed by atoms with Gasteiger partial charge in [-0.25, -0.2) is 9.78 Å². The molecule has 0 radical (unpaired) electrons. The van der Waals surface area contributed by atoms with E-state index in [0.29, 0.717) is 17.1 Å². The average molecular weight is 263 g/mol. The van der Waals surface area contributed by atoms with Crippen molar-refractivity contribution in [1.82, 2.24) is 4.98 Å². The van der Waals surface area contributed by atoms with E-state index in [2.05, 4.69) is 38.0 Å². The first kappa shape index (κ1) is 13.6. The van der Waals surface area contributed by atoms with Crippen LogP contribution in [0.2, 0.25) is 0 Å². The van der Waals surface area contributed by atoms with E-state index in [1.807, 2.05) is 0 Å². The van der Waals surface area contributed by atoms with Gasteiger partial charge in [0, 0.05) is 12.2 Å². The maximum Gasteiger partial charge on any atom is 0.340 e. The Morgan fingerprint density at radius 3 is 2.42 bits per heavy atom. The van der Waals surface area contributed by atoms with Crippen LogP contribution < -0.4 is 11.1 Å². The van der Waals surface area contributed by atoms with Gasteiger partial charge in [-0.2, -0.15) is 0 Å². The fourth-order valence-corrected chi connectivity index (χ4v) is 2.57. The molecule has 1 aliphatic carbocycles. The van der Waals surface area contributed by atoms with E-state index in [0.717, 1.165) is 0 Å². The number of esters is 1. The second-order valence-corrected chi connectivity index (χ2v) is 6.13. The zero-order chi connectivity index (χ0) is 14.4. The summed E-state index contributed by atoms with van der Waals surface area (Å²) in [6.07, 6.45) is 1.56. The molecule has 104 valence electrons. The van der Waals surface area contributed by atoms with Crippen molar-refractivity contribution in [2.75, 3.05) is 18.2 Å². The molecule has 0 saturated heterocycles. The van der Waals surface area contributed by atoms with Crippen LogP contribution in [0.4, 0.5) is 11.5 Å². The Labute approximate surface area is 113 Å². The Kier molecular flexibility index (Phi) is 2.96. The zero-order valence-corrected chi connectivity index (χ0v) is 12.1. The largest absolute Gasteiger partial charge is 0.465 e. The van der Waals surface area contributed by atoms with Gasteiger partial charge in [-0.1, -0.05) is 27.7 Å². The number of nitrogens with zero attached hydrogens (tertiary/aromatic N) is 1. The van der Waals surface area contributed by atoms with Crippen LogP contribution in [-0.4, -0.2) is 24.1 Å². The molecule has 1 aromatic heterocycles. The Hall–Kier alpha value is -1.78. The monoisotopic (exact) mass is 263 g/mol. The lowest BCUT2D eigenvalue weighted by Gasteiger charge is -2.12. The molecule has 1 fully saturated rings. The fourth-order valence-electron chi connectivity index (χ4n) is 2.57. The van der Waals surface area contributed by atoms with Crippen molar-refractivity contribution in [3.8, 4) is 0 Å². The summed E-state index contributed by atoms with van der Waals surface area (Å²) in [5.41, 5.74) is 7.01. The van der Waals surface area contributed by atoms with E-state index in [9.17, 15) is 4.79 Å². The lowest BCUT2D eigenvalue weighted by molar-refractivity contribution is 0.0602. The number of carbonyl (C=O) groups is 1. The highest BCUT2D eigenvalue weighted by Gasteiger charge is 2.65. The fraction of sp³-hybridized carbons (Fsp3) is 0.571. The van der Waals surface area contributed by atoms with Crippen LogP contribution >= 0.6 is 0 Å². The number of hydrogen-bond donors (Lipinski definition) is 2. The number of nitrogens with two attached hydrogens (primary N) is 1. The van der Waals surface area contributed by atoms with Gasteiger partial charge in [0.25, 0.3) is 0 Å². The average Bonchev–Trinajstić information content (AvgIpc) is 2.73. The number of hydrogen-bond acceptors (Lipinski definition) is 5. The molecule has 1 aliphatic rings. The molecule has 1 aromatic rings. The number of pyridine rings is 1. The number of nitrogen functional groups attached to an aromatic ring is 1. The normalized spacial score (nSPS) is 19.8. The number of carbonyl (C=O) groups excluding carboxylic acids is 1. The predicted octanol–water partition coefficient (Wildman–Crippen LogP) is 2.30. The van der Waals surface area contributed by atoms with Gasteiger partial charge in [-0.15, -0.1) is 0 Å². The summed E-state index contributed by atoms with van der Waals surface area (Å²) in [5.74, 6) is 0.101. The van der Waals surface area contributed by atoms with Gasteiger partial charge in [0.15, 0.2) is 0 Å². The lowest BCUT2D eigenvalue weighted by Crippen LogP contribution is -2.15. The molecule has 1 saturated carbocycles. The van der Waals surface area contributed by atoms with Crippen molar-refractivity contribution in [2.45, 2.75) is 33.7 Å². The molecule has 5 heteroatoms. The highest BCUT2D eigenvalue weighted by molar-refractivity contribution is 5.97. The first-order valence-electron chi connectivity index (χ1n) is 6.33. The van der Waals surface area contributed by atoms with Gasteiger partial charge in [0.2, 0.25) is 0 Å². The quantitative estimate of drug-likeness (QED) is 0.818. The molecule has 0 amide bonds. The maximum absolute atomic E-state index is 11.6. The highest BCUT2D eigenvalue weighted by Crippen LogP contribution is 2.63. The van der Waals surface area contributed by atoms with E-state index < -0.39 is 5.97 Å². The predicted molar refractivity (Wildman–Crippen MR) is 75.0 cm³/mol. The van der Waals surface area contributed by atoms with Crippen molar-refractivity contribution < 1.29 is 9.53 Å². The number of anilines is 2. The summed E-state index contributed by atoms with van der Waals surface area (Å²) < 4.78 is 4.70. The van der Waals surface area contributed by atoms with E-state index in [4.69, 9.17) is 10.5 Å². The molecule has 0 spiro atoms. The van der Waals surface area contributed by atoms with Crippen molar-refractivity contribution in [1.29, 1.82) is 0 Å². The third-order valence-electron chi connectivity index (χ3n) is 4.70. The van der Waals surface area contributed by atoms with Gasteiger partial charge in [-0.3, -0.25) is 0 Å². The molecule has 19 heavy (non-hydrogen) atoms. The second-order valence-electron chi connectivity index (χ2n) is 6.13. The number of rotatable bonds is 3. The van der Waals surface area contributed by atoms with Crippen molar-refractivity contribution in [2.24, 2.45) is 10.8 Å². The van der Waals surface area contributed by atoms with E-state index >= 15 is 0 Å². The standard InChI is InChI=1S/C14H21N3O2/c1-13(2)12(14(13,3)4)17-10-9(15)8(6-7-16-10)11(18)19-5/h6-7,12H,15H2,1-5H3,(H,16,17). The second kappa shape index (κ2) is 4.11. The van der Waals surface area contributed by atoms with E-state index in [1.54, 1.807) is 12.3 Å². The number of methoxy groups -OCH3 is 1. The van der Waals surface area contributed by atoms with Crippen LogP contribution in [0.15, 0.2) is 12.3 Å². The van der Waals surface area contributed by atoms with Gasteiger partial charge in [0.1, 0.15) is 5.82 Å². The van der Waals surface area contributed by atoms with E-state index in [-0.39, 0.29) is 16.9 Å². The van der Waals surface area contributed by atoms with Crippen LogP contribution in [-0.2, 0) is 4.74 Å². The Morgan fingerprint density at radius 1 is 1.37 bits per heavy atom. The number of ether oxygens (including phenoxy) is 1. The van der Waals surface area contributed by atoms with Crippen LogP contribution in [0, 0.1) is 10.8 Å². The van der Waals surface area contributed by atoms with Crippen LogP contribution in [0.1, 0.15) is 38.1 Å². The van der Waals surface area contributed by atoms with Crippen molar-refractivity contribution in [3.63, 3.8) is 0 Å². The molecular formula is C14H21N3O2.